The lowest BCUT2D eigenvalue weighted by Crippen LogP contribution is -2.48. The fourth-order valence-electron chi connectivity index (χ4n) is 4.31. The van der Waals surface area contributed by atoms with Crippen molar-refractivity contribution < 1.29 is 19.4 Å². The van der Waals surface area contributed by atoms with Crippen LogP contribution in [0.25, 0.3) is 0 Å². The van der Waals surface area contributed by atoms with E-state index in [9.17, 15) is 9.59 Å². The summed E-state index contributed by atoms with van der Waals surface area (Å²) < 4.78 is 5.23. The number of carboxylic acids is 1. The largest absolute Gasteiger partial charge is 0.497 e. The summed E-state index contributed by atoms with van der Waals surface area (Å²) in [4.78, 5) is 26.4. The number of benzene rings is 1. The Morgan fingerprint density at radius 3 is 2.46 bits per heavy atom. The van der Waals surface area contributed by atoms with Gasteiger partial charge in [-0.05, 0) is 43.4 Å². The summed E-state index contributed by atoms with van der Waals surface area (Å²) in [6.07, 6.45) is 5.48. The number of likely N-dealkylation sites (tertiary alicyclic amines) is 1. The van der Waals surface area contributed by atoms with Gasteiger partial charge in [0, 0.05) is 12.6 Å². The summed E-state index contributed by atoms with van der Waals surface area (Å²) in [5.41, 5.74) is 0.541. The number of carbonyl (C=O) groups is 2. The highest BCUT2D eigenvalue weighted by atomic mass is 16.5. The van der Waals surface area contributed by atoms with Crippen LogP contribution in [0.15, 0.2) is 24.3 Å². The lowest BCUT2D eigenvalue weighted by molar-refractivity contribution is -0.142. The van der Waals surface area contributed by atoms with Crippen LogP contribution in [0.2, 0.25) is 0 Å². The molecule has 130 valence electrons. The zero-order chi connectivity index (χ0) is 17.2. The van der Waals surface area contributed by atoms with Gasteiger partial charge in [-0.2, -0.15) is 0 Å². The molecule has 1 saturated heterocycles. The molecule has 1 aliphatic heterocycles. The number of aliphatic carboxylic acids is 1. The number of rotatable bonds is 5. The minimum atomic E-state index is -0.829. The second-order valence-corrected chi connectivity index (χ2v) is 6.91. The number of carboxylic acid groups (broad SMARTS) is 1. The molecular formula is C19H25NO4. The summed E-state index contributed by atoms with van der Waals surface area (Å²) in [5, 5.41) is 9.13. The van der Waals surface area contributed by atoms with Gasteiger partial charge in [-0.3, -0.25) is 9.59 Å². The molecule has 24 heavy (non-hydrogen) atoms. The standard InChI is InChI=1S/C19H25NO4/c1-24-16-8-6-14(7-9-16)19(10-2-3-11-19)18(23)20-12-4-5-15(20)13-17(21)22/h6-9,15H,2-5,10-13H2,1H3,(H,21,22). The van der Waals surface area contributed by atoms with Crippen LogP contribution in [0.1, 0.15) is 50.5 Å². The van der Waals surface area contributed by atoms with Gasteiger partial charge in [0.25, 0.3) is 0 Å². The van der Waals surface area contributed by atoms with Crippen LogP contribution in [0.4, 0.5) is 0 Å². The molecule has 3 rings (SSSR count). The minimum absolute atomic E-state index is 0.0461. The number of carbonyl (C=O) groups excluding carboxylic acids is 1. The zero-order valence-electron chi connectivity index (χ0n) is 14.2. The third kappa shape index (κ3) is 2.99. The molecule has 1 unspecified atom stereocenters. The lowest BCUT2D eigenvalue weighted by Gasteiger charge is -2.35. The zero-order valence-corrected chi connectivity index (χ0v) is 14.2. The van der Waals surface area contributed by atoms with Crippen LogP contribution in [-0.4, -0.2) is 41.6 Å². The first kappa shape index (κ1) is 16.8. The SMILES string of the molecule is COc1ccc(C2(C(=O)N3CCCC3CC(=O)O)CCCC2)cc1. The quantitative estimate of drug-likeness (QED) is 0.901. The number of hydrogen-bond acceptors (Lipinski definition) is 3. The van der Waals surface area contributed by atoms with Crippen molar-refractivity contribution in [3.05, 3.63) is 29.8 Å². The summed E-state index contributed by atoms with van der Waals surface area (Å²) >= 11 is 0. The highest BCUT2D eigenvalue weighted by Crippen LogP contribution is 2.44. The Balaban J connectivity index is 1.89. The van der Waals surface area contributed by atoms with Gasteiger partial charge in [0.05, 0.1) is 18.9 Å². The fourth-order valence-corrected chi connectivity index (χ4v) is 4.31. The molecular weight excluding hydrogens is 306 g/mol. The Kier molecular flexibility index (Phi) is 4.78. The number of amides is 1. The van der Waals surface area contributed by atoms with E-state index in [2.05, 4.69) is 0 Å². The van der Waals surface area contributed by atoms with Crippen molar-refractivity contribution in [2.45, 2.75) is 56.4 Å². The molecule has 1 atom stereocenters. The topological polar surface area (TPSA) is 66.8 Å². The third-order valence-corrected chi connectivity index (χ3v) is 5.56. The Morgan fingerprint density at radius 2 is 1.88 bits per heavy atom. The summed E-state index contributed by atoms with van der Waals surface area (Å²) in [6.45, 7) is 0.675. The molecule has 2 aliphatic rings. The van der Waals surface area contributed by atoms with Crippen LogP contribution in [0, 0.1) is 0 Å². The first-order valence-electron chi connectivity index (χ1n) is 8.74. The van der Waals surface area contributed by atoms with Crippen molar-refractivity contribution in [2.75, 3.05) is 13.7 Å². The summed E-state index contributed by atoms with van der Waals surface area (Å²) in [6, 6.07) is 7.63. The van der Waals surface area contributed by atoms with Crippen molar-refractivity contribution in [1.29, 1.82) is 0 Å². The van der Waals surface area contributed by atoms with Crippen LogP contribution in [0.5, 0.6) is 5.75 Å². The van der Waals surface area contributed by atoms with Crippen LogP contribution in [0.3, 0.4) is 0 Å². The van der Waals surface area contributed by atoms with Gasteiger partial charge in [0.15, 0.2) is 0 Å². The van der Waals surface area contributed by atoms with Crippen molar-refractivity contribution in [3.8, 4) is 5.75 Å². The molecule has 0 aromatic heterocycles. The fraction of sp³-hybridized carbons (Fsp3) is 0.579. The first-order chi connectivity index (χ1) is 11.6. The average molecular weight is 331 g/mol. The molecule has 1 amide bonds. The van der Waals surface area contributed by atoms with E-state index in [1.165, 1.54) is 0 Å². The molecule has 1 aliphatic carbocycles. The van der Waals surface area contributed by atoms with Gasteiger partial charge in [0.1, 0.15) is 5.75 Å². The summed E-state index contributed by atoms with van der Waals surface area (Å²) in [5.74, 6) is 0.0720. The average Bonchev–Trinajstić information content (AvgIpc) is 3.24. The number of methoxy groups -OCH3 is 1. The third-order valence-electron chi connectivity index (χ3n) is 5.56. The monoisotopic (exact) mass is 331 g/mol. The van der Waals surface area contributed by atoms with Crippen molar-refractivity contribution in [2.24, 2.45) is 0 Å². The van der Waals surface area contributed by atoms with E-state index < -0.39 is 11.4 Å². The van der Waals surface area contributed by atoms with Crippen molar-refractivity contribution in [3.63, 3.8) is 0 Å². The minimum Gasteiger partial charge on any atom is -0.497 e. The maximum Gasteiger partial charge on any atom is 0.305 e. The van der Waals surface area contributed by atoms with Crippen molar-refractivity contribution >= 4 is 11.9 Å². The molecule has 5 heteroatoms. The Morgan fingerprint density at radius 1 is 1.21 bits per heavy atom. The van der Waals surface area contributed by atoms with Gasteiger partial charge in [-0.25, -0.2) is 0 Å². The molecule has 1 aromatic rings. The van der Waals surface area contributed by atoms with E-state index in [0.717, 1.165) is 49.8 Å². The predicted molar refractivity (Wildman–Crippen MR) is 90.1 cm³/mol. The first-order valence-corrected chi connectivity index (χ1v) is 8.74. The molecule has 1 saturated carbocycles. The number of hydrogen-bond donors (Lipinski definition) is 1. The maximum atomic E-state index is 13.4. The second kappa shape index (κ2) is 6.83. The smallest absolute Gasteiger partial charge is 0.305 e. The Bertz CT molecular complexity index is 604. The lowest BCUT2D eigenvalue weighted by atomic mass is 9.77. The number of ether oxygens (including phenoxy) is 1. The molecule has 1 aromatic carbocycles. The molecule has 1 heterocycles. The highest BCUT2D eigenvalue weighted by molar-refractivity contribution is 5.89. The normalized spacial score (nSPS) is 22.5. The molecule has 5 nitrogen and oxygen atoms in total. The number of nitrogens with zero attached hydrogens (tertiary/aromatic N) is 1. The van der Waals surface area contributed by atoms with Gasteiger partial charge >= 0.3 is 5.97 Å². The van der Waals surface area contributed by atoms with E-state index in [4.69, 9.17) is 9.84 Å². The highest BCUT2D eigenvalue weighted by Gasteiger charge is 2.47. The maximum absolute atomic E-state index is 13.4. The predicted octanol–water partition coefficient (Wildman–Crippen LogP) is 2.97. The van der Waals surface area contributed by atoms with Gasteiger partial charge in [-0.15, -0.1) is 0 Å². The molecule has 0 radical (unpaired) electrons. The van der Waals surface area contributed by atoms with Crippen LogP contribution in [-0.2, 0) is 15.0 Å². The molecule has 1 N–H and O–H groups in total. The second-order valence-electron chi connectivity index (χ2n) is 6.91. The van der Waals surface area contributed by atoms with Gasteiger partial charge in [-0.1, -0.05) is 25.0 Å². The van der Waals surface area contributed by atoms with Crippen molar-refractivity contribution in [1.82, 2.24) is 4.90 Å². The van der Waals surface area contributed by atoms with E-state index in [1.807, 2.05) is 29.2 Å². The molecule has 2 fully saturated rings. The Labute approximate surface area is 142 Å². The van der Waals surface area contributed by atoms with E-state index in [0.29, 0.717) is 6.54 Å². The van der Waals surface area contributed by atoms with Crippen LogP contribution >= 0.6 is 0 Å². The van der Waals surface area contributed by atoms with Crippen LogP contribution < -0.4 is 4.74 Å². The summed E-state index contributed by atoms with van der Waals surface area (Å²) in [7, 11) is 1.63. The van der Waals surface area contributed by atoms with E-state index in [1.54, 1.807) is 7.11 Å². The molecule has 0 spiro atoms. The van der Waals surface area contributed by atoms with E-state index in [-0.39, 0.29) is 18.4 Å². The van der Waals surface area contributed by atoms with E-state index >= 15 is 0 Å². The molecule has 0 bridgehead atoms. The van der Waals surface area contributed by atoms with Gasteiger partial charge < -0.3 is 14.7 Å². The Hall–Kier alpha value is -2.04. The van der Waals surface area contributed by atoms with Gasteiger partial charge in [0.2, 0.25) is 5.91 Å².